The number of ether oxygens (including phenoxy) is 1. The predicted octanol–water partition coefficient (Wildman–Crippen LogP) is 3.80. The van der Waals surface area contributed by atoms with Gasteiger partial charge in [-0.1, -0.05) is 24.3 Å². The highest BCUT2D eigenvalue weighted by Crippen LogP contribution is 2.22. The number of nitro benzene ring substituents is 1. The highest BCUT2D eigenvalue weighted by Gasteiger charge is 2.08. The maximum absolute atomic E-state index is 11.8. The number of anilines is 1. The molecule has 0 atom stereocenters. The third-order valence-electron chi connectivity index (χ3n) is 3.58. The Bertz CT molecular complexity index is 741. The second-order valence-electron chi connectivity index (χ2n) is 5.61. The van der Waals surface area contributed by atoms with Gasteiger partial charge in [-0.15, -0.1) is 0 Å². The van der Waals surface area contributed by atoms with Crippen LogP contribution in [0, 0.1) is 24.0 Å². The molecule has 0 fully saturated rings. The number of nitro groups is 1. The number of urea groups is 1. The van der Waals surface area contributed by atoms with Crippen LogP contribution in [0.4, 0.5) is 16.2 Å². The number of rotatable bonds is 7. The molecule has 0 saturated carbocycles. The fourth-order valence-electron chi connectivity index (χ4n) is 2.35. The summed E-state index contributed by atoms with van der Waals surface area (Å²) in [5.74, 6) is 0.878. The van der Waals surface area contributed by atoms with Crippen molar-refractivity contribution in [2.75, 3.05) is 18.5 Å². The number of amides is 2. The van der Waals surface area contributed by atoms with E-state index in [9.17, 15) is 14.9 Å². The summed E-state index contributed by atoms with van der Waals surface area (Å²) < 4.78 is 5.76. The van der Waals surface area contributed by atoms with E-state index in [1.165, 1.54) is 18.2 Å². The van der Waals surface area contributed by atoms with E-state index in [0.717, 1.165) is 16.9 Å². The second kappa shape index (κ2) is 8.68. The Morgan fingerprint density at radius 1 is 1.16 bits per heavy atom. The van der Waals surface area contributed by atoms with E-state index in [1.54, 1.807) is 6.07 Å². The van der Waals surface area contributed by atoms with Crippen molar-refractivity contribution in [2.24, 2.45) is 0 Å². The van der Waals surface area contributed by atoms with Crippen LogP contribution in [0.1, 0.15) is 17.5 Å². The van der Waals surface area contributed by atoms with E-state index in [1.807, 2.05) is 32.0 Å². The summed E-state index contributed by atoms with van der Waals surface area (Å²) in [6, 6.07) is 11.4. The van der Waals surface area contributed by atoms with Gasteiger partial charge in [-0.2, -0.15) is 0 Å². The van der Waals surface area contributed by atoms with Crippen molar-refractivity contribution in [2.45, 2.75) is 20.3 Å². The number of non-ortho nitro benzene ring substituents is 1. The smallest absolute Gasteiger partial charge is 0.319 e. The first-order chi connectivity index (χ1) is 12.0. The molecule has 2 aromatic carbocycles. The molecule has 2 rings (SSSR count). The summed E-state index contributed by atoms with van der Waals surface area (Å²) in [6.07, 6.45) is 0.649. The first-order valence-corrected chi connectivity index (χ1v) is 7.95. The third-order valence-corrected chi connectivity index (χ3v) is 3.58. The summed E-state index contributed by atoms with van der Waals surface area (Å²) in [6.45, 7) is 4.91. The van der Waals surface area contributed by atoms with Crippen LogP contribution in [0.2, 0.25) is 0 Å². The predicted molar refractivity (Wildman–Crippen MR) is 96.1 cm³/mol. The number of hydrogen-bond acceptors (Lipinski definition) is 4. The lowest BCUT2D eigenvalue weighted by Crippen LogP contribution is -2.30. The Morgan fingerprint density at radius 2 is 1.84 bits per heavy atom. The molecule has 7 nitrogen and oxygen atoms in total. The summed E-state index contributed by atoms with van der Waals surface area (Å²) in [7, 11) is 0. The second-order valence-corrected chi connectivity index (χ2v) is 5.61. The van der Waals surface area contributed by atoms with E-state index < -0.39 is 11.0 Å². The first-order valence-electron chi connectivity index (χ1n) is 7.95. The van der Waals surface area contributed by atoms with Gasteiger partial charge in [0.05, 0.1) is 11.5 Å². The van der Waals surface area contributed by atoms with Crippen molar-refractivity contribution in [3.05, 3.63) is 63.7 Å². The first kappa shape index (κ1) is 18.3. The fourth-order valence-corrected chi connectivity index (χ4v) is 2.35. The lowest BCUT2D eigenvalue weighted by atomic mass is 10.1. The van der Waals surface area contributed by atoms with E-state index in [4.69, 9.17) is 4.74 Å². The van der Waals surface area contributed by atoms with Gasteiger partial charge in [0.15, 0.2) is 0 Å². The van der Waals surface area contributed by atoms with Crippen LogP contribution in [0.25, 0.3) is 0 Å². The Balaban J connectivity index is 1.72. The molecule has 132 valence electrons. The minimum Gasteiger partial charge on any atom is -0.493 e. The Morgan fingerprint density at radius 3 is 2.52 bits per heavy atom. The van der Waals surface area contributed by atoms with Gasteiger partial charge in [-0.3, -0.25) is 10.1 Å². The zero-order valence-corrected chi connectivity index (χ0v) is 14.2. The SMILES string of the molecule is Cc1cccc(C)c1OCCCNC(=O)Nc1cccc([N+](=O)[O-])c1. The number of benzene rings is 2. The fraction of sp³-hybridized carbons (Fsp3) is 0.278. The largest absolute Gasteiger partial charge is 0.493 e. The van der Waals surface area contributed by atoms with Gasteiger partial charge in [0, 0.05) is 24.4 Å². The zero-order valence-electron chi connectivity index (χ0n) is 14.2. The number of carbonyl (C=O) groups is 1. The zero-order chi connectivity index (χ0) is 18.2. The third kappa shape index (κ3) is 5.49. The monoisotopic (exact) mass is 343 g/mol. The van der Waals surface area contributed by atoms with Crippen LogP contribution < -0.4 is 15.4 Å². The molecule has 25 heavy (non-hydrogen) atoms. The highest BCUT2D eigenvalue weighted by atomic mass is 16.6. The molecular formula is C18H21N3O4. The molecule has 0 unspecified atom stereocenters. The molecule has 2 N–H and O–H groups in total. The minimum atomic E-state index is -0.506. The van der Waals surface area contributed by atoms with Crippen molar-refractivity contribution < 1.29 is 14.5 Å². The number of aryl methyl sites for hydroxylation is 2. The summed E-state index contributed by atoms with van der Waals surface area (Å²) in [4.78, 5) is 22.0. The highest BCUT2D eigenvalue weighted by molar-refractivity contribution is 5.89. The molecule has 0 aliphatic rings. The molecule has 0 aliphatic carbocycles. The standard InChI is InChI=1S/C18H21N3O4/c1-13-6-3-7-14(2)17(13)25-11-5-10-19-18(22)20-15-8-4-9-16(12-15)21(23)24/h3-4,6-9,12H,5,10-11H2,1-2H3,(H2,19,20,22). The maximum atomic E-state index is 11.8. The molecule has 0 bridgehead atoms. The summed E-state index contributed by atoms with van der Waals surface area (Å²) in [5, 5.41) is 16.0. The van der Waals surface area contributed by atoms with Crippen LogP contribution in [0.5, 0.6) is 5.75 Å². The Kier molecular flexibility index (Phi) is 6.33. The minimum absolute atomic E-state index is 0.0696. The topological polar surface area (TPSA) is 93.5 Å². The van der Waals surface area contributed by atoms with E-state index in [2.05, 4.69) is 10.6 Å². The van der Waals surface area contributed by atoms with Crippen LogP contribution in [0.15, 0.2) is 42.5 Å². The van der Waals surface area contributed by atoms with Gasteiger partial charge >= 0.3 is 6.03 Å². The number of nitrogens with one attached hydrogen (secondary N) is 2. The number of hydrogen-bond donors (Lipinski definition) is 2. The number of nitrogens with zero attached hydrogens (tertiary/aromatic N) is 1. The average molecular weight is 343 g/mol. The maximum Gasteiger partial charge on any atom is 0.319 e. The van der Waals surface area contributed by atoms with Gasteiger partial charge in [0.1, 0.15) is 5.75 Å². The molecule has 0 aromatic heterocycles. The van der Waals surface area contributed by atoms with Gasteiger partial charge in [-0.25, -0.2) is 4.79 Å². The molecule has 2 aromatic rings. The molecule has 0 radical (unpaired) electrons. The molecule has 2 amide bonds. The number of para-hydroxylation sites is 1. The number of carbonyl (C=O) groups excluding carboxylic acids is 1. The van der Waals surface area contributed by atoms with Crippen molar-refractivity contribution in [3.8, 4) is 5.75 Å². The van der Waals surface area contributed by atoms with E-state index >= 15 is 0 Å². The average Bonchev–Trinajstić information content (AvgIpc) is 2.57. The molecule has 0 heterocycles. The van der Waals surface area contributed by atoms with Gasteiger partial charge in [-0.05, 0) is 37.5 Å². The molecule has 0 spiro atoms. The van der Waals surface area contributed by atoms with Crippen molar-refractivity contribution in [3.63, 3.8) is 0 Å². The molecule has 7 heteroatoms. The van der Waals surface area contributed by atoms with E-state index in [-0.39, 0.29) is 5.69 Å². The lowest BCUT2D eigenvalue weighted by Gasteiger charge is -2.12. The van der Waals surface area contributed by atoms with Crippen molar-refractivity contribution in [1.82, 2.24) is 5.32 Å². The summed E-state index contributed by atoms with van der Waals surface area (Å²) >= 11 is 0. The lowest BCUT2D eigenvalue weighted by molar-refractivity contribution is -0.384. The summed E-state index contributed by atoms with van der Waals surface area (Å²) in [5.41, 5.74) is 2.46. The van der Waals surface area contributed by atoms with Crippen molar-refractivity contribution >= 4 is 17.4 Å². The molecule has 0 saturated heterocycles. The van der Waals surface area contributed by atoms with Crippen LogP contribution in [-0.4, -0.2) is 24.1 Å². The van der Waals surface area contributed by atoms with Gasteiger partial charge in [0.2, 0.25) is 0 Å². The Labute approximate surface area is 146 Å². The van der Waals surface area contributed by atoms with E-state index in [0.29, 0.717) is 25.3 Å². The molecular weight excluding hydrogens is 322 g/mol. The van der Waals surface area contributed by atoms with Gasteiger partial charge < -0.3 is 15.4 Å². The van der Waals surface area contributed by atoms with Crippen LogP contribution in [-0.2, 0) is 0 Å². The van der Waals surface area contributed by atoms with Crippen LogP contribution in [0.3, 0.4) is 0 Å². The molecule has 0 aliphatic heterocycles. The Hall–Kier alpha value is -3.09. The quantitative estimate of drug-likeness (QED) is 0.454. The normalized spacial score (nSPS) is 10.2. The van der Waals surface area contributed by atoms with Gasteiger partial charge in [0.25, 0.3) is 5.69 Å². The van der Waals surface area contributed by atoms with Crippen LogP contribution >= 0.6 is 0 Å². The van der Waals surface area contributed by atoms with Crippen molar-refractivity contribution in [1.29, 1.82) is 0 Å².